The third-order valence-corrected chi connectivity index (χ3v) is 3.49. The highest BCUT2D eigenvalue weighted by atomic mass is 35.5. The van der Waals surface area contributed by atoms with E-state index >= 15 is 0 Å². The average Bonchev–Trinajstić information content (AvgIpc) is 2.45. The van der Waals surface area contributed by atoms with Gasteiger partial charge in [0, 0.05) is 51.4 Å². The van der Waals surface area contributed by atoms with Crippen molar-refractivity contribution >= 4 is 29.5 Å². The van der Waals surface area contributed by atoms with Crippen molar-refractivity contribution in [3.8, 4) is 0 Å². The fourth-order valence-corrected chi connectivity index (χ4v) is 2.35. The molecule has 0 bridgehead atoms. The van der Waals surface area contributed by atoms with E-state index in [4.69, 9.17) is 16.3 Å². The predicted molar refractivity (Wildman–Crippen MR) is 87.4 cm³/mol. The Morgan fingerprint density at radius 1 is 1.00 bits per heavy atom. The van der Waals surface area contributed by atoms with Gasteiger partial charge in [-0.1, -0.05) is 0 Å². The van der Waals surface area contributed by atoms with Crippen LogP contribution in [0.4, 0.5) is 4.79 Å². The van der Waals surface area contributed by atoms with Crippen molar-refractivity contribution in [2.45, 2.75) is 39.2 Å². The smallest absolute Gasteiger partial charge is 0.407 e. The molecular formula is C15H26ClN3O4. The molecule has 1 aliphatic heterocycles. The van der Waals surface area contributed by atoms with Crippen LogP contribution in [0.25, 0.3) is 0 Å². The molecule has 132 valence electrons. The van der Waals surface area contributed by atoms with Crippen LogP contribution in [0.2, 0.25) is 0 Å². The maximum atomic E-state index is 12.1. The number of carbonyl (C=O) groups excluding carboxylic acids is 3. The van der Waals surface area contributed by atoms with Gasteiger partial charge in [0.1, 0.15) is 5.60 Å². The molecule has 0 unspecified atom stereocenters. The van der Waals surface area contributed by atoms with Crippen LogP contribution in [-0.2, 0) is 14.3 Å². The Bertz CT molecular complexity index is 429. The number of amides is 3. The maximum absolute atomic E-state index is 12.1. The standard InChI is InChI=1S/C15H26ClN3O4/c1-15(2,3)23-14(22)17-7-5-13(21)19-10-8-18(9-11-19)12(20)4-6-16/h4-11H2,1-3H3,(H,17,22). The number of ether oxygens (including phenoxy) is 1. The maximum Gasteiger partial charge on any atom is 0.407 e. The summed E-state index contributed by atoms with van der Waals surface area (Å²) in [4.78, 5) is 38.7. The summed E-state index contributed by atoms with van der Waals surface area (Å²) in [5, 5.41) is 2.57. The van der Waals surface area contributed by atoms with Gasteiger partial charge in [-0.25, -0.2) is 4.79 Å². The van der Waals surface area contributed by atoms with E-state index in [1.807, 2.05) is 0 Å². The fraction of sp³-hybridized carbons (Fsp3) is 0.800. The highest BCUT2D eigenvalue weighted by Crippen LogP contribution is 2.07. The molecule has 1 fully saturated rings. The first kappa shape index (κ1) is 19.5. The number of piperazine rings is 1. The first-order chi connectivity index (χ1) is 10.7. The van der Waals surface area contributed by atoms with Crippen LogP contribution in [-0.4, -0.2) is 71.9 Å². The highest BCUT2D eigenvalue weighted by Gasteiger charge is 2.23. The lowest BCUT2D eigenvalue weighted by atomic mass is 10.2. The third-order valence-electron chi connectivity index (χ3n) is 3.30. The number of alkyl halides is 1. The lowest BCUT2D eigenvalue weighted by Crippen LogP contribution is -2.51. The highest BCUT2D eigenvalue weighted by molar-refractivity contribution is 6.18. The molecule has 0 atom stereocenters. The van der Waals surface area contributed by atoms with Crippen LogP contribution in [0.3, 0.4) is 0 Å². The molecule has 0 radical (unpaired) electrons. The van der Waals surface area contributed by atoms with Gasteiger partial charge >= 0.3 is 6.09 Å². The molecule has 23 heavy (non-hydrogen) atoms. The molecule has 0 spiro atoms. The molecular weight excluding hydrogens is 322 g/mol. The molecule has 0 aromatic rings. The van der Waals surface area contributed by atoms with E-state index in [-0.39, 0.29) is 24.8 Å². The summed E-state index contributed by atoms with van der Waals surface area (Å²) in [6.45, 7) is 7.66. The first-order valence-corrected chi connectivity index (χ1v) is 8.35. The van der Waals surface area contributed by atoms with Crippen molar-refractivity contribution in [3.05, 3.63) is 0 Å². The minimum absolute atomic E-state index is 0.0266. The van der Waals surface area contributed by atoms with Crippen molar-refractivity contribution < 1.29 is 19.1 Å². The van der Waals surface area contributed by atoms with E-state index in [2.05, 4.69) is 5.32 Å². The zero-order valence-corrected chi connectivity index (χ0v) is 14.8. The minimum Gasteiger partial charge on any atom is -0.444 e. The second-order valence-electron chi connectivity index (χ2n) is 6.38. The number of hydrogen-bond acceptors (Lipinski definition) is 4. The van der Waals surface area contributed by atoms with Crippen LogP contribution < -0.4 is 5.32 Å². The zero-order chi connectivity index (χ0) is 17.5. The van der Waals surface area contributed by atoms with Gasteiger partial charge in [-0.05, 0) is 20.8 Å². The molecule has 1 rings (SSSR count). The summed E-state index contributed by atoms with van der Waals surface area (Å²) in [7, 11) is 0. The van der Waals surface area contributed by atoms with E-state index in [0.29, 0.717) is 38.5 Å². The number of nitrogens with zero attached hydrogens (tertiary/aromatic N) is 2. The molecule has 1 N–H and O–H groups in total. The van der Waals surface area contributed by atoms with Crippen molar-refractivity contribution in [3.63, 3.8) is 0 Å². The van der Waals surface area contributed by atoms with Gasteiger partial charge < -0.3 is 19.9 Å². The van der Waals surface area contributed by atoms with Crippen LogP contribution in [0.15, 0.2) is 0 Å². The van der Waals surface area contributed by atoms with Gasteiger partial charge in [-0.15, -0.1) is 11.6 Å². The Morgan fingerprint density at radius 2 is 1.48 bits per heavy atom. The molecule has 1 saturated heterocycles. The van der Waals surface area contributed by atoms with Crippen molar-refractivity contribution in [1.29, 1.82) is 0 Å². The number of halogens is 1. The Labute approximate surface area is 142 Å². The second-order valence-corrected chi connectivity index (χ2v) is 6.76. The van der Waals surface area contributed by atoms with Gasteiger partial charge in [0.2, 0.25) is 11.8 Å². The monoisotopic (exact) mass is 347 g/mol. The van der Waals surface area contributed by atoms with Crippen LogP contribution in [0.1, 0.15) is 33.6 Å². The molecule has 7 nitrogen and oxygen atoms in total. The van der Waals surface area contributed by atoms with E-state index < -0.39 is 11.7 Å². The lowest BCUT2D eigenvalue weighted by Gasteiger charge is -2.34. The largest absolute Gasteiger partial charge is 0.444 e. The predicted octanol–water partition coefficient (Wildman–Crippen LogP) is 1.20. The van der Waals surface area contributed by atoms with Gasteiger partial charge in [-0.2, -0.15) is 0 Å². The van der Waals surface area contributed by atoms with Gasteiger partial charge in [0.15, 0.2) is 0 Å². The van der Waals surface area contributed by atoms with Crippen molar-refractivity contribution in [2.75, 3.05) is 38.6 Å². The van der Waals surface area contributed by atoms with Gasteiger partial charge in [0.05, 0.1) is 0 Å². The average molecular weight is 348 g/mol. The summed E-state index contributed by atoms with van der Waals surface area (Å²) < 4.78 is 5.10. The summed E-state index contributed by atoms with van der Waals surface area (Å²) >= 11 is 5.56. The topological polar surface area (TPSA) is 79.0 Å². The number of alkyl carbamates (subject to hydrolysis) is 1. The molecule has 1 heterocycles. The normalized spacial score (nSPS) is 15.3. The van der Waals surface area contributed by atoms with Crippen LogP contribution >= 0.6 is 11.6 Å². The summed E-state index contributed by atoms with van der Waals surface area (Å²) in [5.41, 5.74) is -0.556. The van der Waals surface area contributed by atoms with Crippen LogP contribution in [0.5, 0.6) is 0 Å². The molecule has 0 aromatic carbocycles. The molecule has 1 aliphatic rings. The molecule has 8 heteroatoms. The van der Waals surface area contributed by atoms with E-state index in [1.54, 1.807) is 30.6 Å². The first-order valence-electron chi connectivity index (χ1n) is 7.81. The van der Waals surface area contributed by atoms with E-state index in [0.717, 1.165) is 0 Å². The van der Waals surface area contributed by atoms with E-state index in [1.165, 1.54) is 0 Å². The Morgan fingerprint density at radius 3 is 1.91 bits per heavy atom. The quantitative estimate of drug-likeness (QED) is 0.758. The summed E-state index contributed by atoms with van der Waals surface area (Å²) in [5.74, 6) is 0.304. The molecule has 0 aliphatic carbocycles. The molecule has 0 saturated carbocycles. The van der Waals surface area contributed by atoms with Crippen LogP contribution in [0, 0.1) is 0 Å². The number of hydrogen-bond donors (Lipinski definition) is 1. The lowest BCUT2D eigenvalue weighted by molar-refractivity contribution is -0.139. The Kier molecular flexibility index (Phi) is 7.61. The third kappa shape index (κ3) is 7.54. The fourth-order valence-electron chi connectivity index (χ4n) is 2.19. The van der Waals surface area contributed by atoms with E-state index in [9.17, 15) is 14.4 Å². The number of nitrogens with one attached hydrogen (secondary N) is 1. The van der Waals surface area contributed by atoms with Gasteiger partial charge in [-0.3, -0.25) is 9.59 Å². The Balaban J connectivity index is 2.24. The second kappa shape index (κ2) is 8.96. The Hall–Kier alpha value is -1.50. The summed E-state index contributed by atoms with van der Waals surface area (Å²) in [6, 6.07) is 0. The van der Waals surface area contributed by atoms with Crippen molar-refractivity contribution in [1.82, 2.24) is 15.1 Å². The minimum atomic E-state index is -0.556. The van der Waals surface area contributed by atoms with Crippen molar-refractivity contribution in [2.24, 2.45) is 0 Å². The molecule has 3 amide bonds. The number of rotatable bonds is 5. The number of carbonyl (C=O) groups is 3. The summed E-state index contributed by atoms with van der Waals surface area (Å²) in [6.07, 6.45) is 0.0197. The molecule has 0 aromatic heterocycles. The zero-order valence-electron chi connectivity index (χ0n) is 14.1. The van der Waals surface area contributed by atoms with Gasteiger partial charge in [0.25, 0.3) is 0 Å². The SMILES string of the molecule is CC(C)(C)OC(=O)NCCC(=O)N1CCN(C(=O)CCCl)CC1.